The Balaban J connectivity index is 0.000000232. The van der Waals surface area contributed by atoms with Crippen LogP contribution in [0.3, 0.4) is 0 Å². The van der Waals surface area contributed by atoms with Crippen molar-refractivity contribution in [1.29, 1.82) is 0 Å². The molecular weight excluding hydrogens is 1610 g/mol. The Hall–Kier alpha value is -6.88. The fourth-order valence-corrected chi connectivity index (χ4v) is 10.8. The zero-order chi connectivity index (χ0) is 79.9. The van der Waals surface area contributed by atoms with E-state index in [4.69, 9.17) is 109 Å². The SMILES string of the molecule is CC(Cl)Cl.CC1(C)OB(C2=CCCN([B]C=O)C2)OC1(C)C.COc1cnc(C2=CCCN([B]C=O)C2)cn1.COc1cnc(C2CCCN([C@@H](C)C(=O)Nc3ccc(Cl)cn3)C2)cn1.COc1cnc(C2CCCNC2)cn1.COc1cnc(Cl)cn1.C[C@@H](Br)C(=O)Nc1ccc(Cl)cn1.Clc1cnc(Cl)cn1. The molecule has 7 aromatic rings. The molecule has 0 bridgehead atoms. The maximum atomic E-state index is 12.6. The summed E-state index contributed by atoms with van der Waals surface area (Å²) < 4.78 is 31.7. The summed E-state index contributed by atoms with van der Waals surface area (Å²) in [6.07, 6.45) is 31.1. The highest BCUT2D eigenvalue weighted by atomic mass is 79.9. The second-order valence-corrected chi connectivity index (χ2v) is 30.0. The van der Waals surface area contributed by atoms with Crippen molar-refractivity contribution in [2.24, 2.45) is 0 Å². The Kier molecular flexibility index (Phi) is 42.1. The molecule has 12 rings (SSSR count). The van der Waals surface area contributed by atoms with E-state index in [-0.39, 0.29) is 51.8 Å². The first-order valence-electron chi connectivity index (χ1n) is 34.3. The number of nitrogens with zero attached hydrogens (tertiary/aromatic N) is 15. The van der Waals surface area contributed by atoms with E-state index in [1.165, 1.54) is 57.1 Å². The van der Waals surface area contributed by atoms with E-state index < -0.39 is 0 Å². The molecule has 3 N–H and O–H groups in total. The van der Waals surface area contributed by atoms with Gasteiger partial charge in [0.05, 0.1) is 152 Å². The molecule has 0 spiro atoms. The molecule has 7 aromatic heterocycles. The summed E-state index contributed by atoms with van der Waals surface area (Å²) in [6.45, 7) is 20.5. The first kappa shape index (κ1) is 92.7. The number of ether oxygens (including phenoxy) is 4. The topological polar surface area (TPSA) is 324 Å². The van der Waals surface area contributed by atoms with Crippen molar-refractivity contribution in [3.63, 3.8) is 0 Å². The fraction of sp³-hybridized carbons (Fsp3) is 0.457. The van der Waals surface area contributed by atoms with Gasteiger partial charge in [0.15, 0.2) is 0 Å². The van der Waals surface area contributed by atoms with Crippen LogP contribution in [0.5, 0.6) is 23.5 Å². The highest BCUT2D eigenvalue weighted by Crippen LogP contribution is 2.39. The Morgan fingerprint density at radius 2 is 1.03 bits per heavy atom. The molecule has 28 nitrogen and oxygen atoms in total. The minimum atomic E-state index is -0.310. The van der Waals surface area contributed by atoms with Crippen molar-refractivity contribution in [1.82, 2.24) is 79.6 Å². The number of hydrogen-bond donors (Lipinski definition) is 3. The summed E-state index contributed by atoms with van der Waals surface area (Å²) in [5.41, 5.74) is 4.41. The van der Waals surface area contributed by atoms with Crippen molar-refractivity contribution in [2.45, 2.75) is 126 Å². The van der Waals surface area contributed by atoms with Crippen LogP contribution in [0.4, 0.5) is 11.6 Å². The molecule has 39 heteroatoms. The number of halogens is 8. The third-order valence-electron chi connectivity index (χ3n) is 16.6. The lowest BCUT2D eigenvalue weighted by atomic mass is 9.74. The minimum absolute atomic E-state index is 0.0821. The van der Waals surface area contributed by atoms with Crippen LogP contribution < -0.4 is 34.9 Å². The van der Waals surface area contributed by atoms with E-state index in [1.807, 2.05) is 50.4 Å². The lowest BCUT2D eigenvalue weighted by molar-refractivity contribution is -0.121. The molecule has 2 amide bonds. The molecular formula is C70H89B3BrCl7N18O10. The van der Waals surface area contributed by atoms with Gasteiger partial charge in [-0.05, 0) is 148 Å². The van der Waals surface area contributed by atoms with Crippen LogP contribution in [0.1, 0.15) is 116 Å². The maximum Gasteiger partial charge on any atom is 0.491 e. The normalized spacial score (nSPS) is 17.5. The van der Waals surface area contributed by atoms with E-state index >= 15 is 0 Å². The number of hydrogen-bond acceptors (Lipinski definition) is 26. The second-order valence-electron chi connectivity index (χ2n) is 25.0. The molecule has 109 heavy (non-hydrogen) atoms. The Labute approximate surface area is 682 Å². The molecule has 5 aliphatic rings. The van der Waals surface area contributed by atoms with E-state index in [9.17, 15) is 19.2 Å². The molecule has 2 unspecified atom stereocenters. The first-order chi connectivity index (χ1) is 52.1. The summed E-state index contributed by atoms with van der Waals surface area (Å²) >= 11 is 40.9. The fourth-order valence-electron chi connectivity index (χ4n) is 10.1. The molecule has 3 saturated heterocycles. The third kappa shape index (κ3) is 34.3. The molecule has 0 aromatic carbocycles. The number of pyridine rings is 2. The molecule has 0 saturated carbocycles. The van der Waals surface area contributed by atoms with Gasteiger partial charge in [-0.15, -0.1) is 23.2 Å². The van der Waals surface area contributed by atoms with Gasteiger partial charge >= 0.3 is 7.12 Å². The van der Waals surface area contributed by atoms with Crippen LogP contribution in [0.15, 0.2) is 116 Å². The zero-order valence-corrected chi connectivity index (χ0v) is 69.3. The largest absolute Gasteiger partial charge is 0.491 e. The van der Waals surface area contributed by atoms with Crippen LogP contribution in [-0.4, -0.2) is 228 Å². The number of alkyl halides is 3. The number of aromatic nitrogens is 12. The lowest BCUT2D eigenvalue weighted by Crippen LogP contribution is -2.46. The average molecular weight is 1700 g/mol. The second kappa shape index (κ2) is 49.5. The van der Waals surface area contributed by atoms with Gasteiger partial charge in [0.2, 0.25) is 35.3 Å². The maximum absolute atomic E-state index is 12.6. The van der Waals surface area contributed by atoms with Crippen molar-refractivity contribution < 1.29 is 47.4 Å². The Morgan fingerprint density at radius 3 is 1.45 bits per heavy atom. The quantitative estimate of drug-likeness (QED) is 0.0433. The van der Waals surface area contributed by atoms with Gasteiger partial charge in [-0.1, -0.05) is 86.1 Å². The van der Waals surface area contributed by atoms with E-state index in [0.29, 0.717) is 79.7 Å². The number of carbonyl (C=O) groups is 4. The number of likely N-dealkylation sites (tertiary alicyclic amines) is 1. The van der Waals surface area contributed by atoms with Gasteiger partial charge in [-0.3, -0.25) is 24.5 Å². The van der Waals surface area contributed by atoms with E-state index in [2.05, 4.69) is 109 Å². The smallest absolute Gasteiger partial charge is 0.480 e. The van der Waals surface area contributed by atoms with Gasteiger partial charge in [0.25, 0.3) is 14.8 Å². The predicted octanol–water partition coefficient (Wildman–Crippen LogP) is 12.3. The molecule has 2 radical (unpaired) electrons. The number of rotatable bonds is 17. The number of nitrogens with one attached hydrogen (secondary N) is 3. The summed E-state index contributed by atoms with van der Waals surface area (Å²) in [7, 11) is 9.11. The van der Waals surface area contributed by atoms with Crippen molar-refractivity contribution in [2.75, 3.05) is 91.4 Å². The van der Waals surface area contributed by atoms with Crippen LogP contribution >= 0.6 is 97.1 Å². The highest BCUT2D eigenvalue weighted by molar-refractivity contribution is 9.10. The number of carbonyl (C=O) groups excluding carboxylic acids is 4. The third-order valence-corrected chi connectivity index (χ3v) is 18.0. The van der Waals surface area contributed by atoms with Crippen LogP contribution in [0, 0.1) is 0 Å². The Morgan fingerprint density at radius 1 is 0.578 bits per heavy atom. The monoisotopic (exact) mass is 1700 g/mol. The summed E-state index contributed by atoms with van der Waals surface area (Å²) in [4.78, 5) is 98.8. The van der Waals surface area contributed by atoms with Crippen LogP contribution in [0.2, 0.25) is 25.5 Å². The molecule has 584 valence electrons. The zero-order valence-electron chi connectivity index (χ0n) is 62.4. The highest BCUT2D eigenvalue weighted by Gasteiger charge is 2.52. The van der Waals surface area contributed by atoms with Gasteiger partial charge in [0, 0.05) is 50.4 Å². The van der Waals surface area contributed by atoms with Gasteiger partial charge in [-0.2, -0.15) is 0 Å². The first-order valence-corrected chi connectivity index (χ1v) is 38.0. The van der Waals surface area contributed by atoms with E-state index in [0.717, 1.165) is 105 Å². The van der Waals surface area contributed by atoms with Crippen molar-refractivity contribution >= 4 is 160 Å². The van der Waals surface area contributed by atoms with Crippen LogP contribution in [-0.2, 0) is 28.5 Å². The summed E-state index contributed by atoms with van der Waals surface area (Å²) in [5.74, 6) is 3.62. The average Bonchev–Trinajstić information content (AvgIpc) is 1.63. The van der Waals surface area contributed by atoms with E-state index in [1.54, 1.807) is 105 Å². The summed E-state index contributed by atoms with van der Waals surface area (Å²) in [6, 6.07) is 6.45. The number of methoxy groups -OCH3 is 4. The van der Waals surface area contributed by atoms with Gasteiger partial charge in [0.1, 0.15) is 31.9 Å². The standard InChI is InChI=1S/C18H22ClN5O2.C12H20B2NO3.C11H13BN3O2.C10H15N3O.C8H8BrClN2O.C5H5ClN2O.C4H2Cl2N2.C2H4Cl2/c1-12(18(25)23-16-6-5-14(19)8-21-16)24-7-3-4-13(11-24)15-9-22-17(26-2)10-20-15;1-11(2)12(3,4)18-14(17-11)10-6-5-7-15(8-10)13-9-16;1-17-11-6-13-10(5-14-11)9-3-2-4-15(7-9)12-8-16;1-14-10-7-12-9(6-13-10)8-3-2-4-11-5-8;1-5(9)8(13)12-7-3-2-6(10)4-11-7;1-9-5-3-7-4(6)2-8-5;5-3-1-7-4(6)2-8-3;1-2(3)4/h5-6,8-10,12-13H,3-4,7,11H2,1-2H3,(H,21,23,25);6,9H,5,7-8H2,1-4H3;3,5-6,8H,2,4,7H2,1H3;6-8,11H,2-5H2,1H3;2-5H,1H3,(H,11,12,13);2-3H,1H3;1-2H;2H,1H3/t12-,13?;;;;5-;;;/m0...1.../s1. The Bertz CT molecular complexity index is 3850. The van der Waals surface area contributed by atoms with Crippen LogP contribution in [0.25, 0.3) is 5.57 Å². The number of piperidine rings is 2. The van der Waals surface area contributed by atoms with Gasteiger partial charge in [-0.25, -0.2) is 49.8 Å². The molecule has 12 heterocycles. The van der Waals surface area contributed by atoms with Crippen molar-refractivity contribution in [3.05, 3.63) is 159 Å². The summed E-state index contributed by atoms with van der Waals surface area (Å²) in [5, 5.41) is 11.0. The molecule has 4 atom stereocenters. The van der Waals surface area contributed by atoms with Gasteiger partial charge < -0.3 is 63.4 Å². The molecule has 0 aliphatic carbocycles. The number of amides is 2. The lowest BCUT2D eigenvalue weighted by Gasteiger charge is -2.35. The van der Waals surface area contributed by atoms with Crippen molar-refractivity contribution in [3.8, 4) is 23.5 Å². The number of anilines is 2. The molecule has 3 fully saturated rings. The molecule has 5 aliphatic heterocycles. The minimum Gasteiger partial charge on any atom is -0.480 e. The predicted molar refractivity (Wildman–Crippen MR) is 434 cm³/mol.